The Bertz CT molecular complexity index is 1010. The number of nitrogens with one attached hydrogen (secondary N) is 1. The van der Waals surface area contributed by atoms with Crippen molar-refractivity contribution in [2.75, 3.05) is 6.61 Å². The minimum atomic E-state index is -0.204. The van der Waals surface area contributed by atoms with Gasteiger partial charge in [0.05, 0.1) is 18.8 Å². The fourth-order valence-electron chi connectivity index (χ4n) is 11.4. The molecule has 5 nitrogen and oxygen atoms in total. The van der Waals surface area contributed by atoms with Crippen LogP contribution in [0.15, 0.2) is 5.10 Å². The highest BCUT2D eigenvalue weighted by atomic mass is 16.5. The summed E-state index contributed by atoms with van der Waals surface area (Å²) in [6, 6.07) is 2.63. The predicted molar refractivity (Wildman–Crippen MR) is 147 cm³/mol. The molecule has 4 aliphatic carbocycles. The van der Waals surface area contributed by atoms with Crippen LogP contribution in [0.5, 0.6) is 0 Å². The maximum Gasteiger partial charge on any atom is 0.236 e. The van der Waals surface area contributed by atoms with Crippen molar-refractivity contribution in [1.29, 1.82) is 5.26 Å². The number of nitrogens with zero attached hydrogens (tertiary/aromatic N) is 2. The maximum atomic E-state index is 11.4. The molecule has 1 aliphatic heterocycles. The molecule has 0 spiro atoms. The monoisotopic (exact) mass is 509 g/mol. The summed E-state index contributed by atoms with van der Waals surface area (Å²) in [5.74, 6) is 2.12. The van der Waals surface area contributed by atoms with Crippen LogP contribution in [-0.2, 0) is 9.53 Å². The smallest absolute Gasteiger partial charge is 0.236 e. The van der Waals surface area contributed by atoms with Crippen LogP contribution in [0.4, 0.5) is 0 Å². The summed E-state index contributed by atoms with van der Waals surface area (Å²) in [7, 11) is 0. The molecule has 1 heterocycles. The van der Waals surface area contributed by atoms with E-state index in [2.05, 4.69) is 65.1 Å². The summed E-state index contributed by atoms with van der Waals surface area (Å²) in [6.45, 7) is 19.6. The standard InChI is InChI=1S/C32H51N3O2/c1-21(36)35-34-19-28(4,5)23-11-12-31(8)24(29(23,6)17-18-33)10-9-22-25-26-27(2,3)13-15-32(25,20-37-26)16-14-30(22,31)7/h19,22-26H,9-17,20H2,1-8H3,(H,35,36)/b34-19+/t22?,23?,24?,25?,26-,29-,30+,31+,32?/m0/s1. The van der Waals surface area contributed by atoms with Gasteiger partial charge in [0, 0.05) is 25.0 Å². The molecule has 5 heteroatoms. The molecule has 4 saturated carbocycles. The molecule has 5 aliphatic rings. The number of rotatable bonds is 4. The third-order valence-electron chi connectivity index (χ3n) is 13.4. The van der Waals surface area contributed by atoms with Gasteiger partial charge in [-0.3, -0.25) is 4.79 Å². The van der Waals surface area contributed by atoms with Crippen molar-refractivity contribution in [3.63, 3.8) is 0 Å². The molecule has 2 bridgehead atoms. The van der Waals surface area contributed by atoms with Gasteiger partial charge >= 0.3 is 0 Å². The number of nitriles is 1. The summed E-state index contributed by atoms with van der Waals surface area (Å²) in [5, 5.41) is 14.4. The number of fused-ring (bicyclic) bond motifs is 3. The second kappa shape index (κ2) is 8.54. The number of hydrogen-bond acceptors (Lipinski definition) is 4. The molecule has 1 amide bonds. The van der Waals surface area contributed by atoms with Gasteiger partial charge in [-0.1, -0.05) is 48.5 Å². The second-order valence-corrected chi connectivity index (χ2v) is 15.9. The van der Waals surface area contributed by atoms with Gasteiger partial charge in [-0.15, -0.1) is 0 Å². The van der Waals surface area contributed by atoms with E-state index in [4.69, 9.17) is 4.74 Å². The molecular formula is C32H51N3O2. The summed E-state index contributed by atoms with van der Waals surface area (Å²) in [6.07, 6.45) is 13.0. The molecule has 0 aromatic heterocycles. The minimum absolute atomic E-state index is 0.0854. The maximum absolute atomic E-state index is 11.4. The Hall–Kier alpha value is -1.41. The van der Waals surface area contributed by atoms with Gasteiger partial charge in [0.25, 0.3) is 0 Å². The van der Waals surface area contributed by atoms with Crippen molar-refractivity contribution in [2.45, 2.75) is 119 Å². The van der Waals surface area contributed by atoms with Crippen molar-refractivity contribution >= 4 is 12.1 Å². The highest BCUT2D eigenvalue weighted by Crippen LogP contribution is 2.77. The van der Waals surface area contributed by atoms with Gasteiger partial charge in [0.2, 0.25) is 5.91 Å². The zero-order valence-electron chi connectivity index (χ0n) is 24.7. The van der Waals surface area contributed by atoms with E-state index in [1.165, 1.54) is 51.9 Å². The van der Waals surface area contributed by atoms with Crippen molar-refractivity contribution in [1.82, 2.24) is 5.43 Å². The number of carbonyl (C=O) groups is 1. The summed E-state index contributed by atoms with van der Waals surface area (Å²) >= 11 is 0. The largest absolute Gasteiger partial charge is 0.377 e. The number of carbonyl (C=O) groups excluding carboxylic acids is 1. The van der Waals surface area contributed by atoms with E-state index in [-0.39, 0.29) is 33.0 Å². The summed E-state index contributed by atoms with van der Waals surface area (Å²) in [4.78, 5) is 11.4. The van der Waals surface area contributed by atoms with Gasteiger partial charge in [-0.25, -0.2) is 5.43 Å². The third-order valence-corrected chi connectivity index (χ3v) is 13.4. The van der Waals surface area contributed by atoms with Gasteiger partial charge in [0.1, 0.15) is 0 Å². The zero-order chi connectivity index (χ0) is 27.1. The van der Waals surface area contributed by atoms with Crippen LogP contribution in [-0.4, -0.2) is 24.8 Å². The van der Waals surface area contributed by atoms with E-state index in [0.717, 1.165) is 13.0 Å². The van der Waals surface area contributed by atoms with Gasteiger partial charge in [-0.05, 0) is 102 Å². The van der Waals surface area contributed by atoms with Gasteiger partial charge in [0.15, 0.2) is 0 Å². The molecule has 1 N–H and O–H groups in total. The number of hydrazone groups is 1. The Labute approximate surface area is 225 Å². The first kappa shape index (κ1) is 27.2. The Morgan fingerprint density at radius 3 is 2.43 bits per heavy atom. The van der Waals surface area contributed by atoms with Crippen molar-refractivity contribution in [3.8, 4) is 6.07 Å². The molecule has 0 aromatic rings. The predicted octanol–water partition coefficient (Wildman–Crippen LogP) is 7.12. The molecule has 5 fully saturated rings. The van der Waals surface area contributed by atoms with Crippen LogP contribution < -0.4 is 5.43 Å². The molecular weight excluding hydrogens is 458 g/mol. The molecule has 5 rings (SSSR count). The van der Waals surface area contributed by atoms with Crippen LogP contribution >= 0.6 is 0 Å². The van der Waals surface area contributed by atoms with Crippen molar-refractivity contribution < 1.29 is 9.53 Å². The number of amides is 1. The SMILES string of the molecule is CC(=O)N/N=C/C(C)(C)C1CC[C@]2(C)C(CCC3C4[C@@H]5OCC4(CCC5(C)C)CC[C@]32C)[C@@]1(C)CC#N. The first-order chi connectivity index (χ1) is 17.2. The Balaban J connectivity index is 1.51. The molecule has 9 atom stereocenters. The van der Waals surface area contributed by atoms with Gasteiger partial charge in [-0.2, -0.15) is 10.4 Å². The molecule has 0 radical (unpaired) electrons. The molecule has 37 heavy (non-hydrogen) atoms. The van der Waals surface area contributed by atoms with E-state index in [1.807, 2.05) is 6.21 Å². The quantitative estimate of drug-likeness (QED) is 0.324. The number of ether oxygens (including phenoxy) is 1. The zero-order valence-corrected chi connectivity index (χ0v) is 24.7. The van der Waals surface area contributed by atoms with Crippen LogP contribution in [0.1, 0.15) is 113 Å². The normalized spacial score (nSPS) is 48.5. The average molecular weight is 510 g/mol. The van der Waals surface area contributed by atoms with E-state index in [0.29, 0.717) is 41.6 Å². The summed E-state index contributed by atoms with van der Waals surface area (Å²) < 4.78 is 6.70. The lowest BCUT2D eigenvalue weighted by atomic mass is 9.32. The fourth-order valence-corrected chi connectivity index (χ4v) is 11.4. The Morgan fingerprint density at radius 1 is 1.05 bits per heavy atom. The molecule has 0 aromatic carbocycles. The lowest BCUT2D eigenvalue weighted by molar-refractivity contribution is -0.230. The van der Waals surface area contributed by atoms with E-state index < -0.39 is 0 Å². The van der Waals surface area contributed by atoms with E-state index in [1.54, 1.807) is 0 Å². The third kappa shape index (κ3) is 3.70. The highest BCUT2D eigenvalue weighted by molar-refractivity contribution is 5.75. The lowest BCUT2D eigenvalue weighted by Gasteiger charge is -2.72. The molecule has 1 saturated heterocycles. The topological polar surface area (TPSA) is 74.5 Å². The second-order valence-electron chi connectivity index (χ2n) is 15.9. The van der Waals surface area contributed by atoms with Crippen LogP contribution in [0, 0.1) is 67.5 Å². The average Bonchev–Trinajstić information content (AvgIpc) is 3.13. The van der Waals surface area contributed by atoms with E-state index in [9.17, 15) is 10.1 Å². The van der Waals surface area contributed by atoms with Gasteiger partial charge < -0.3 is 4.74 Å². The van der Waals surface area contributed by atoms with Crippen LogP contribution in [0.3, 0.4) is 0 Å². The minimum Gasteiger partial charge on any atom is -0.377 e. The van der Waals surface area contributed by atoms with Crippen molar-refractivity contribution in [2.24, 2.45) is 61.3 Å². The Kier molecular flexibility index (Phi) is 6.27. The Morgan fingerprint density at radius 2 is 1.76 bits per heavy atom. The summed E-state index contributed by atoms with van der Waals surface area (Å²) in [5.41, 5.74) is 3.48. The van der Waals surface area contributed by atoms with Crippen LogP contribution in [0.2, 0.25) is 0 Å². The fraction of sp³-hybridized carbons (Fsp3) is 0.906. The lowest BCUT2D eigenvalue weighted by Crippen LogP contribution is -2.66. The molecule has 206 valence electrons. The highest BCUT2D eigenvalue weighted by Gasteiger charge is 2.72. The number of hydrogen-bond donors (Lipinski definition) is 1. The first-order valence-corrected chi connectivity index (χ1v) is 15.0. The van der Waals surface area contributed by atoms with E-state index >= 15 is 0 Å². The first-order valence-electron chi connectivity index (χ1n) is 15.0. The van der Waals surface area contributed by atoms with Crippen molar-refractivity contribution in [3.05, 3.63) is 0 Å². The van der Waals surface area contributed by atoms with Crippen LogP contribution in [0.25, 0.3) is 0 Å². The molecule has 5 unspecified atom stereocenters.